The number of nitrogens with one attached hydrogen (secondary N) is 3. The van der Waals surface area contributed by atoms with Crippen LogP contribution in [0.15, 0.2) is 24.3 Å². The molecular formula is C35H50N6O6. The first kappa shape index (κ1) is 34.4. The van der Waals surface area contributed by atoms with E-state index in [-0.39, 0.29) is 23.7 Å². The van der Waals surface area contributed by atoms with Crippen molar-refractivity contribution in [3.05, 3.63) is 35.4 Å². The number of nitrogens with two attached hydrogens (primary N) is 1. The van der Waals surface area contributed by atoms with Gasteiger partial charge in [-0.1, -0.05) is 78.6 Å². The van der Waals surface area contributed by atoms with Crippen LogP contribution in [0.4, 0.5) is 4.79 Å². The average molecular weight is 651 g/mol. The predicted molar refractivity (Wildman–Crippen MR) is 174 cm³/mol. The third kappa shape index (κ3) is 7.46. The fourth-order valence-electron chi connectivity index (χ4n) is 7.18. The number of benzene rings is 1. The molecule has 0 radical (unpaired) electrons. The molecule has 1 saturated heterocycles. The minimum Gasteiger partial charge on any atom is -0.363 e. The summed E-state index contributed by atoms with van der Waals surface area (Å²) in [4.78, 5) is 83.1. The van der Waals surface area contributed by atoms with Crippen LogP contribution in [0.3, 0.4) is 0 Å². The Morgan fingerprint density at radius 2 is 1.36 bits per heavy atom. The van der Waals surface area contributed by atoms with Crippen LogP contribution in [0, 0.1) is 28.6 Å². The highest BCUT2D eigenvalue weighted by atomic mass is 16.2. The first-order valence-electron chi connectivity index (χ1n) is 16.8. The summed E-state index contributed by atoms with van der Waals surface area (Å²) in [5, 5.41) is 8.49. The number of hydrogen-bond donors (Lipinski definition) is 4. The number of rotatable bonds is 10. The molecule has 47 heavy (non-hydrogen) atoms. The van der Waals surface area contributed by atoms with Crippen LogP contribution < -0.4 is 21.7 Å². The molecule has 2 aliphatic heterocycles. The van der Waals surface area contributed by atoms with Gasteiger partial charge in [0.25, 0.3) is 5.91 Å². The van der Waals surface area contributed by atoms with Gasteiger partial charge < -0.3 is 31.5 Å². The van der Waals surface area contributed by atoms with E-state index >= 15 is 0 Å². The molecular weight excluding hydrogens is 600 g/mol. The fourth-order valence-corrected chi connectivity index (χ4v) is 7.18. The fraction of sp³-hybridized carbons (Fsp3) is 0.657. The first-order valence-corrected chi connectivity index (χ1v) is 16.8. The second kappa shape index (κ2) is 12.9. The van der Waals surface area contributed by atoms with Gasteiger partial charge in [-0.05, 0) is 59.0 Å². The second-order valence-electron chi connectivity index (χ2n) is 16.1. The van der Waals surface area contributed by atoms with Gasteiger partial charge in [-0.15, -0.1) is 0 Å². The van der Waals surface area contributed by atoms with Crippen LogP contribution >= 0.6 is 0 Å². The van der Waals surface area contributed by atoms with Crippen molar-refractivity contribution in [3.63, 3.8) is 0 Å². The molecule has 5 N–H and O–H groups in total. The van der Waals surface area contributed by atoms with Crippen LogP contribution in [-0.4, -0.2) is 76.0 Å². The number of ketones is 1. The van der Waals surface area contributed by atoms with Crippen molar-refractivity contribution in [2.45, 2.75) is 111 Å². The molecule has 6 atom stereocenters. The Kier molecular flexibility index (Phi) is 9.45. The predicted octanol–water partition coefficient (Wildman–Crippen LogP) is 2.23. The van der Waals surface area contributed by atoms with E-state index in [2.05, 4.69) is 16.0 Å². The molecule has 2 heterocycles. The molecule has 12 nitrogen and oxygen atoms in total. The van der Waals surface area contributed by atoms with E-state index in [9.17, 15) is 28.8 Å². The van der Waals surface area contributed by atoms with Gasteiger partial charge in [0.2, 0.25) is 23.5 Å². The Balaban J connectivity index is 1.30. The van der Waals surface area contributed by atoms with Crippen LogP contribution in [0.5, 0.6) is 0 Å². The number of nitrogens with zero attached hydrogens (tertiary/aromatic N) is 2. The molecule has 5 rings (SSSR count). The highest BCUT2D eigenvalue weighted by Crippen LogP contribution is 2.46. The third-order valence-electron chi connectivity index (χ3n) is 10.3. The molecule has 256 valence electrons. The molecule has 4 aliphatic rings. The number of carbonyl (C=O) groups is 6. The lowest BCUT2D eigenvalue weighted by atomic mass is 9.73. The second-order valence-corrected chi connectivity index (χ2v) is 16.1. The van der Waals surface area contributed by atoms with Crippen molar-refractivity contribution in [1.82, 2.24) is 25.8 Å². The van der Waals surface area contributed by atoms with Gasteiger partial charge in [-0.3, -0.25) is 24.0 Å². The Bertz CT molecular complexity index is 1420. The van der Waals surface area contributed by atoms with E-state index in [4.69, 9.17) is 5.73 Å². The Morgan fingerprint density at radius 1 is 0.809 bits per heavy atom. The van der Waals surface area contributed by atoms with Crippen molar-refractivity contribution in [1.29, 1.82) is 0 Å². The van der Waals surface area contributed by atoms with Gasteiger partial charge in [-0.2, -0.15) is 0 Å². The van der Waals surface area contributed by atoms with Gasteiger partial charge in [-0.25, -0.2) is 4.79 Å². The highest BCUT2D eigenvalue weighted by Gasteiger charge is 2.54. The minimum atomic E-state index is -1.10. The lowest BCUT2D eigenvalue weighted by molar-refractivity contribution is -0.144. The zero-order chi connectivity index (χ0) is 34.4. The molecule has 0 aromatic heterocycles. The number of primary amides is 1. The summed E-state index contributed by atoms with van der Waals surface area (Å²) in [6.45, 7) is 12.4. The van der Waals surface area contributed by atoms with E-state index < -0.39 is 64.5 Å². The van der Waals surface area contributed by atoms with E-state index in [1.807, 2.05) is 65.8 Å². The number of carbonyl (C=O) groups excluding carboxylic acids is 6. The summed E-state index contributed by atoms with van der Waals surface area (Å²) < 4.78 is 0. The van der Waals surface area contributed by atoms with Gasteiger partial charge in [0.15, 0.2) is 0 Å². The van der Waals surface area contributed by atoms with Crippen molar-refractivity contribution >= 4 is 35.4 Å². The minimum absolute atomic E-state index is 0.0777. The van der Waals surface area contributed by atoms with Crippen molar-refractivity contribution < 1.29 is 28.8 Å². The quantitative estimate of drug-likeness (QED) is 0.283. The standard InChI is InChI=1S/C35H50N6O6/c1-34(2,3)27(31(45)40-16-20-9-7-8-10-21(20)17-40)38-33(47)39-28(35(4,5)6)32(46)41-18-22-13-14-23(22)25(41)30(44)37-24(15-19-11-12-19)26(42)29(36)43/h7-10,19,22-25,27-28H,11-18H2,1-6H3,(H2,36,43)(H,37,44)(H2,38,39,47)/t22-,23-,24?,25-,27+,28+/m0/s1. The number of urea groups is 1. The maximum absolute atomic E-state index is 14.3. The molecule has 6 amide bonds. The summed E-state index contributed by atoms with van der Waals surface area (Å²) in [6.07, 6.45) is 3.81. The smallest absolute Gasteiger partial charge is 0.316 e. The monoisotopic (exact) mass is 650 g/mol. The van der Waals surface area contributed by atoms with Crippen LogP contribution in [0.1, 0.15) is 84.8 Å². The zero-order valence-corrected chi connectivity index (χ0v) is 28.4. The third-order valence-corrected chi connectivity index (χ3v) is 10.3. The molecule has 0 spiro atoms. The number of hydrogen-bond acceptors (Lipinski definition) is 6. The molecule has 2 saturated carbocycles. The number of amides is 6. The van der Waals surface area contributed by atoms with Crippen molar-refractivity contribution in [2.75, 3.05) is 6.54 Å². The van der Waals surface area contributed by atoms with E-state index in [1.165, 1.54) is 4.90 Å². The summed E-state index contributed by atoms with van der Waals surface area (Å²) in [5.74, 6) is -2.72. The Labute approximate surface area is 276 Å². The summed E-state index contributed by atoms with van der Waals surface area (Å²) in [7, 11) is 0. The van der Waals surface area contributed by atoms with Crippen LogP contribution in [0.2, 0.25) is 0 Å². The molecule has 12 heteroatoms. The van der Waals surface area contributed by atoms with E-state index in [1.54, 1.807) is 4.90 Å². The van der Waals surface area contributed by atoms with Crippen LogP contribution in [-0.2, 0) is 37.1 Å². The average Bonchev–Trinajstić information content (AvgIpc) is 3.61. The molecule has 3 fully saturated rings. The van der Waals surface area contributed by atoms with Gasteiger partial charge >= 0.3 is 6.03 Å². The Hall–Kier alpha value is -3.96. The molecule has 2 aliphatic carbocycles. The number of fused-ring (bicyclic) bond motifs is 2. The largest absolute Gasteiger partial charge is 0.363 e. The van der Waals surface area contributed by atoms with E-state index in [0.29, 0.717) is 26.1 Å². The lowest BCUT2D eigenvalue weighted by Gasteiger charge is -2.38. The summed E-state index contributed by atoms with van der Waals surface area (Å²) in [6, 6.07) is 3.48. The first-order chi connectivity index (χ1) is 22.0. The zero-order valence-electron chi connectivity index (χ0n) is 28.4. The van der Waals surface area contributed by atoms with Crippen LogP contribution in [0.25, 0.3) is 0 Å². The van der Waals surface area contributed by atoms with Gasteiger partial charge in [0, 0.05) is 19.6 Å². The molecule has 1 unspecified atom stereocenters. The number of Topliss-reactive ketones (excluding diaryl/α,β-unsaturated/α-hetero) is 1. The van der Waals surface area contributed by atoms with Gasteiger partial charge in [0.1, 0.15) is 18.1 Å². The van der Waals surface area contributed by atoms with Gasteiger partial charge in [0.05, 0.1) is 6.04 Å². The molecule has 1 aromatic rings. The summed E-state index contributed by atoms with van der Waals surface area (Å²) >= 11 is 0. The van der Waals surface area contributed by atoms with E-state index in [0.717, 1.165) is 36.8 Å². The maximum atomic E-state index is 14.3. The Morgan fingerprint density at radius 3 is 1.83 bits per heavy atom. The number of likely N-dealkylation sites (tertiary alicyclic amines) is 1. The molecule has 1 aromatic carbocycles. The lowest BCUT2D eigenvalue weighted by Crippen LogP contribution is -2.62. The van der Waals surface area contributed by atoms with Crippen molar-refractivity contribution in [3.8, 4) is 0 Å². The summed E-state index contributed by atoms with van der Waals surface area (Å²) in [5.41, 5.74) is 6.08. The maximum Gasteiger partial charge on any atom is 0.316 e. The van der Waals surface area contributed by atoms with Crippen molar-refractivity contribution in [2.24, 2.45) is 34.3 Å². The highest BCUT2D eigenvalue weighted by molar-refractivity contribution is 6.37. The SMILES string of the molecule is CC(C)(C)[C@H](NC(=O)N[C@H](C(=O)N1C[C@@H]2CC[C@@H]2[C@H]1C(=O)NC(CC1CC1)C(=O)C(N)=O)C(C)(C)C)C(=O)N1Cc2ccccc2C1. The normalized spacial score (nSPS) is 23.8. The molecule has 0 bridgehead atoms. The topological polar surface area (TPSA) is 171 Å².